The van der Waals surface area contributed by atoms with Crippen LogP contribution in [0.1, 0.15) is 23.2 Å². The Labute approximate surface area is 194 Å². The molecule has 2 aromatic carbocycles. The van der Waals surface area contributed by atoms with Crippen LogP contribution < -0.4 is 14.8 Å². The molecule has 178 valence electrons. The molecule has 1 N–H and O–H groups in total. The fourth-order valence-corrected chi connectivity index (χ4v) is 4.73. The lowest BCUT2D eigenvalue weighted by molar-refractivity contribution is -0.121. The smallest absolute Gasteiger partial charge is 0.254 e. The quantitative estimate of drug-likeness (QED) is 0.660. The van der Waals surface area contributed by atoms with Crippen molar-refractivity contribution in [2.45, 2.75) is 17.7 Å². The molecule has 1 aliphatic heterocycles. The van der Waals surface area contributed by atoms with Crippen LogP contribution in [0, 0.1) is 5.92 Å². The number of sulfonamides is 1. The van der Waals surface area contributed by atoms with Gasteiger partial charge in [-0.25, -0.2) is 12.7 Å². The number of nitrogens with one attached hydrogen (secondary N) is 1. The van der Waals surface area contributed by atoms with E-state index in [1.807, 2.05) is 0 Å². The van der Waals surface area contributed by atoms with Gasteiger partial charge in [0.25, 0.3) is 5.91 Å². The fraction of sp³-hybridized carbons (Fsp3) is 0.391. The van der Waals surface area contributed by atoms with Gasteiger partial charge in [0.15, 0.2) is 0 Å². The van der Waals surface area contributed by atoms with Gasteiger partial charge in [-0.2, -0.15) is 0 Å². The van der Waals surface area contributed by atoms with Crippen LogP contribution in [-0.4, -0.2) is 70.8 Å². The summed E-state index contributed by atoms with van der Waals surface area (Å²) in [5, 5.41) is 2.77. The van der Waals surface area contributed by atoms with Crippen LogP contribution in [0.5, 0.6) is 11.5 Å². The largest absolute Gasteiger partial charge is 0.497 e. The lowest BCUT2D eigenvalue weighted by Gasteiger charge is -2.31. The van der Waals surface area contributed by atoms with E-state index in [0.717, 1.165) is 4.31 Å². The number of hydrogen-bond donors (Lipinski definition) is 1. The van der Waals surface area contributed by atoms with Gasteiger partial charge >= 0.3 is 0 Å². The van der Waals surface area contributed by atoms with Crippen molar-refractivity contribution in [3.05, 3.63) is 48.0 Å². The molecule has 0 radical (unpaired) electrons. The van der Waals surface area contributed by atoms with Crippen LogP contribution in [0.15, 0.2) is 47.4 Å². The summed E-state index contributed by atoms with van der Waals surface area (Å²) in [6, 6.07) is 11.3. The van der Waals surface area contributed by atoms with Crippen LogP contribution in [0.4, 0.5) is 5.69 Å². The van der Waals surface area contributed by atoms with Crippen molar-refractivity contribution >= 4 is 27.5 Å². The molecule has 1 aliphatic rings. The van der Waals surface area contributed by atoms with Gasteiger partial charge in [0, 0.05) is 44.7 Å². The van der Waals surface area contributed by atoms with Gasteiger partial charge in [0.2, 0.25) is 15.9 Å². The number of carbonyl (C=O) groups excluding carboxylic acids is 2. The summed E-state index contributed by atoms with van der Waals surface area (Å²) in [6.45, 7) is 0.822. The average molecular weight is 476 g/mol. The number of methoxy groups -OCH3 is 2. The molecule has 1 fully saturated rings. The predicted molar refractivity (Wildman–Crippen MR) is 124 cm³/mol. The lowest BCUT2D eigenvalue weighted by atomic mass is 9.95. The molecule has 0 aliphatic carbocycles. The molecule has 1 heterocycles. The van der Waals surface area contributed by atoms with E-state index in [4.69, 9.17) is 9.47 Å². The first-order chi connectivity index (χ1) is 15.7. The highest BCUT2D eigenvalue weighted by Crippen LogP contribution is 2.27. The molecule has 9 nitrogen and oxygen atoms in total. The summed E-state index contributed by atoms with van der Waals surface area (Å²) in [7, 11) is 2.23. The maximum Gasteiger partial charge on any atom is 0.254 e. The van der Waals surface area contributed by atoms with Crippen molar-refractivity contribution in [1.82, 2.24) is 9.21 Å². The third-order valence-corrected chi connectivity index (χ3v) is 7.53. The second-order valence-electron chi connectivity index (χ2n) is 7.94. The maximum atomic E-state index is 13.0. The van der Waals surface area contributed by atoms with Gasteiger partial charge in [-0.1, -0.05) is 12.1 Å². The molecular formula is C23H29N3O6S. The summed E-state index contributed by atoms with van der Waals surface area (Å²) >= 11 is 0. The first kappa shape index (κ1) is 24.5. The monoisotopic (exact) mass is 475 g/mol. The molecule has 2 amide bonds. The molecule has 10 heteroatoms. The third kappa shape index (κ3) is 5.45. The highest BCUT2D eigenvalue weighted by atomic mass is 32.2. The van der Waals surface area contributed by atoms with Gasteiger partial charge in [-0.3, -0.25) is 9.59 Å². The van der Waals surface area contributed by atoms with Crippen molar-refractivity contribution in [2.24, 2.45) is 5.92 Å². The van der Waals surface area contributed by atoms with Crippen LogP contribution >= 0.6 is 0 Å². The third-order valence-electron chi connectivity index (χ3n) is 5.65. The number of ether oxygens (including phenoxy) is 2. The Morgan fingerprint density at radius 3 is 2.12 bits per heavy atom. The normalized spacial score (nSPS) is 14.8. The summed E-state index contributed by atoms with van der Waals surface area (Å²) < 4.78 is 36.7. The zero-order valence-electron chi connectivity index (χ0n) is 19.2. The van der Waals surface area contributed by atoms with Crippen LogP contribution in [0.3, 0.4) is 0 Å². The molecule has 2 aromatic rings. The summed E-state index contributed by atoms with van der Waals surface area (Å²) in [6.07, 6.45) is 0.947. The van der Waals surface area contributed by atoms with Crippen molar-refractivity contribution < 1.29 is 27.5 Å². The molecule has 0 bridgehead atoms. The zero-order valence-corrected chi connectivity index (χ0v) is 20.0. The van der Waals surface area contributed by atoms with E-state index in [0.29, 0.717) is 43.0 Å². The first-order valence-electron chi connectivity index (χ1n) is 10.5. The molecule has 0 spiro atoms. The summed E-state index contributed by atoms with van der Waals surface area (Å²) in [5.41, 5.74) is 0.704. The molecule has 0 aromatic heterocycles. The molecule has 0 atom stereocenters. The molecule has 1 saturated heterocycles. The SMILES string of the molecule is COc1cc(OC)cc(C(=O)N2CCC(C(=O)Nc3ccccc3S(=O)(=O)N(C)C)CC2)c1. The van der Waals surface area contributed by atoms with Crippen LogP contribution in [0.2, 0.25) is 0 Å². The maximum absolute atomic E-state index is 13.0. The summed E-state index contributed by atoms with van der Waals surface area (Å²) in [5.74, 6) is 0.306. The minimum absolute atomic E-state index is 0.0444. The number of rotatable bonds is 7. The van der Waals surface area contributed by atoms with E-state index in [1.165, 1.54) is 34.4 Å². The second-order valence-corrected chi connectivity index (χ2v) is 10.1. The highest BCUT2D eigenvalue weighted by molar-refractivity contribution is 7.89. The van der Waals surface area contributed by atoms with Gasteiger partial charge in [-0.05, 0) is 37.1 Å². The molecule has 0 saturated carbocycles. The Morgan fingerprint density at radius 1 is 1.00 bits per heavy atom. The predicted octanol–water partition coefficient (Wildman–Crippen LogP) is 2.45. The zero-order chi connectivity index (χ0) is 24.2. The van der Waals surface area contributed by atoms with Gasteiger partial charge in [0.05, 0.1) is 19.9 Å². The van der Waals surface area contributed by atoms with Crippen molar-refractivity contribution in [2.75, 3.05) is 46.7 Å². The number of benzene rings is 2. The number of hydrogen-bond acceptors (Lipinski definition) is 6. The Bertz CT molecular complexity index is 1100. The minimum atomic E-state index is -3.70. The van der Waals surface area contributed by atoms with Crippen LogP contribution in [0.25, 0.3) is 0 Å². The Kier molecular flexibility index (Phi) is 7.60. The molecular weight excluding hydrogens is 446 g/mol. The lowest BCUT2D eigenvalue weighted by Crippen LogP contribution is -2.41. The van der Waals surface area contributed by atoms with Crippen molar-refractivity contribution in [3.8, 4) is 11.5 Å². The topological polar surface area (TPSA) is 105 Å². The minimum Gasteiger partial charge on any atom is -0.497 e. The standard InChI is InChI=1S/C23H29N3O6S/c1-25(2)33(29,30)21-8-6-5-7-20(21)24-22(27)16-9-11-26(12-10-16)23(28)17-13-18(31-3)15-19(14-17)32-4/h5-8,13-16H,9-12H2,1-4H3,(H,24,27). The fourth-order valence-electron chi connectivity index (χ4n) is 3.68. The van der Waals surface area contributed by atoms with Crippen molar-refractivity contribution in [1.29, 1.82) is 0 Å². The second kappa shape index (κ2) is 10.2. The molecule has 0 unspecified atom stereocenters. The van der Waals surface area contributed by atoms with E-state index < -0.39 is 10.0 Å². The molecule has 33 heavy (non-hydrogen) atoms. The van der Waals surface area contributed by atoms with Crippen LogP contribution in [-0.2, 0) is 14.8 Å². The number of amides is 2. The Balaban J connectivity index is 1.67. The van der Waals surface area contributed by atoms with E-state index in [2.05, 4.69) is 5.32 Å². The van der Waals surface area contributed by atoms with E-state index in [-0.39, 0.29) is 28.3 Å². The number of para-hydroxylation sites is 1. The molecule has 3 rings (SSSR count). The Hall–Kier alpha value is -3.11. The van der Waals surface area contributed by atoms with E-state index in [9.17, 15) is 18.0 Å². The van der Waals surface area contributed by atoms with Gasteiger partial charge in [0.1, 0.15) is 16.4 Å². The van der Waals surface area contributed by atoms with Gasteiger partial charge in [-0.15, -0.1) is 0 Å². The number of nitrogens with zero attached hydrogens (tertiary/aromatic N) is 2. The Morgan fingerprint density at radius 2 is 1.58 bits per heavy atom. The number of anilines is 1. The van der Waals surface area contributed by atoms with Gasteiger partial charge < -0.3 is 19.7 Å². The number of carbonyl (C=O) groups is 2. The van der Waals surface area contributed by atoms with E-state index >= 15 is 0 Å². The van der Waals surface area contributed by atoms with Crippen molar-refractivity contribution in [3.63, 3.8) is 0 Å². The average Bonchev–Trinajstić information content (AvgIpc) is 2.83. The summed E-state index contributed by atoms with van der Waals surface area (Å²) in [4.78, 5) is 27.6. The van der Waals surface area contributed by atoms with E-state index in [1.54, 1.807) is 41.3 Å². The first-order valence-corrected chi connectivity index (χ1v) is 12.0. The number of piperidine rings is 1. The highest BCUT2D eigenvalue weighted by Gasteiger charge is 2.30. The number of likely N-dealkylation sites (tertiary alicyclic amines) is 1.